The summed E-state index contributed by atoms with van der Waals surface area (Å²) in [6, 6.07) is 24.7. The fraction of sp³-hybridized carbons (Fsp3) is 0.136. The van der Waals surface area contributed by atoms with Crippen molar-refractivity contribution in [3.8, 4) is 11.5 Å². The Labute approximate surface area is 167 Å². The number of amides is 1. The molecule has 4 nitrogen and oxygen atoms in total. The standard InChI is InChI=1S/C22H20BrNO3/c1-26-19-12-10-17(11-13-19)22(16-6-3-2-4-7-16)24-21(25)15-27-20-9-5-8-18(23)14-20/h2-14,22H,15H2,1H3,(H,24,25)/t22-/m1/s1. The zero-order valence-corrected chi connectivity index (χ0v) is 16.5. The van der Waals surface area contributed by atoms with Crippen molar-refractivity contribution in [3.63, 3.8) is 0 Å². The van der Waals surface area contributed by atoms with Crippen LogP contribution < -0.4 is 14.8 Å². The highest BCUT2D eigenvalue weighted by Gasteiger charge is 2.17. The molecule has 5 heteroatoms. The van der Waals surface area contributed by atoms with Crippen molar-refractivity contribution in [2.75, 3.05) is 13.7 Å². The summed E-state index contributed by atoms with van der Waals surface area (Å²) in [5, 5.41) is 3.06. The molecule has 0 saturated heterocycles. The number of nitrogens with one attached hydrogen (secondary N) is 1. The Kier molecular flexibility index (Phi) is 6.49. The summed E-state index contributed by atoms with van der Waals surface area (Å²) in [5.74, 6) is 1.22. The molecule has 1 N–H and O–H groups in total. The predicted octanol–water partition coefficient (Wildman–Crippen LogP) is 4.74. The van der Waals surface area contributed by atoms with Gasteiger partial charge in [0.1, 0.15) is 11.5 Å². The molecule has 0 heterocycles. The quantitative estimate of drug-likeness (QED) is 0.594. The van der Waals surface area contributed by atoms with E-state index in [1.165, 1.54) is 0 Å². The van der Waals surface area contributed by atoms with Crippen LogP contribution in [0.4, 0.5) is 0 Å². The van der Waals surface area contributed by atoms with Gasteiger partial charge in [-0.15, -0.1) is 0 Å². The summed E-state index contributed by atoms with van der Waals surface area (Å²) in [4.78, 5) is 12.5. The van der Waals surface area contributed by atoms with Crippen molar-refractivity contribution in [3.05, 3.63) is 94.5 Å². The van der Waals surface area contributed by atoms with Gasteiger partial charge in [0.25, 0.3) is 5.91 Å². The molecule has 0 bridgehead atoms. The molecule has 27 heavy (non-hydrogen) atoms. The molecule has 3 rings (SSSR count). The van der Waals surface area contributed by atoms with E-state index in [2.05, 4.69) is 21.2 Å². The number of benzene rings is 3. The third-order valence-electron chi connectivity index (χ3n) is 4.05. The maximum Gasteiger partial charge on any atom is 0.258 e. The van der Waals surface area contributed by atoms with E-state index in [1.54, 1.807) is 7.11 Å². The van der Waals surface area contributed by atoms with Gasteiger partial charge in [0, 0.05) is 4.47 Å². The Morgan fingerprint density at radius 3 is 2.30 bits per heavy atom. The van der Waals surface area contributed by atoms with Crippen LogP contribution in [0.2, 0.25) is 0 Å². The van der Waals surface area contributed by atoms with Crippen molar-refractivity contribution in [1.29, 1.82) is 0 Å². The lowest BCUT2D eigenvalue weighted by Gasteiger charge is -2.20. The first-order valence-electron chi connectivity index (χ1n) is 8.52. The monoisotopic (exact) mass is 425 g/mol. The zero-order chi connectivity index (χ0) is 19.1. The average Bonchev–Trinajstić information content (AvgIpc) is 2.71. The molecule has 0 aliphatic carbocycles. The molecule has 0 aliphatic heterocycles. The molecule has 0 saturated carbocycles. The van der Waals surface area contributed by atoms with Crippen LogP contribution in [0.3, 0.4) is 0 Å². The van der Waals surface area contributed by atoms with E-state index < -0.39 is 0 Å². The molecule has 0 unspecified atom stereocenters. The van der Waals surface area contributed by atoms with Crippen LogP contribution in [-0.2, 0) is 4.79 Å². The number of methoxy groups -OCH3 is 1. The Morgan fingerprint density at radius 2 is 1.63 bits per heavy atom. The summed E-state index contributed by atoms with van der Waals surface area (Å²) < 4.78 is 11.7. The van der Waals surface area contributed by atoms with E-state index in [-0.39, 0.29) is 18.6 Å². The molecule has 0 radical (unpaired) electrons. The lowest BCUT2D eigenvalue weighted by atomic mass is 9.98. The lowest BCUT2D eigenvalue weighted by molar-refractivity contribution is -0.123. The zero-order valence-electron chi connectivity index (χ0n) is 14.9. The molecular weight excluding hydrogens is 406 g/mol. The second-order valence-corrected chi connectivity index (χ2v) is 6.85. The van der Waals surface area contributed by atoms with E-state index >= 15 is 0 Å². The lowest BCUT2D eigenvalue weighted by Crippen LogP contribution is -2.33. The third kappa shape index (κ3) is 5.34. The van der Waals surface area contributed by atoms with Gasteiger partial charge in [0.2, 0.25) is 0 Å². The molecule has 3 aromatic rings. The second-order valence-electron chi connectivity index (χ2n) is 5.93. The average molecular weight is 426 g/mol. The number of carbonyl (C=O) groups excluding carboxylic acids is 1. The summed E-state index contributed by atoms with van der Waals surface area (Å²) in [6.07, 6.45) is 0. The number of carbonyl (C=O) groups is 1. The molecule has 3 aromatic carbocycles. The van der Waals surface area contributed by atoms with E-state index in [1.807, 2.05) is 78.9 Å². The molecule has 0 spiro atoms. The Hall–Kier alpha value is -2.79. The molecule has 0 fully saturated rings. The fourth-order valence-electron chi connectivity index (χ4n) is 2.71. The van der Waals surface area contributed by atoms with Crippen LogP contribution in [0.1, 0.15) is 17.2 Å². The van der Waals surface area contributed by atoms with Crippen LogP contribution in [0.25, 0.3) is 0 Å². The highest BCUT2D eigenvalue weighted by atomic mass is 79.9. The summed E-state index contributed by atoms with van der Waals surface area (Å²) >= 11 is 3.39. The van der Waals surface area contributed by atoms with Gasteiger partial charge in [0.15, 0.2) is 6.61 Å². The van der Waals surface area contributed by atoms with Crippen LogP contribution in [-0.4, -0.2) is 19.6 Å². The smallest absolute Gasteiger partial charge is 0.258 e. The van der Waals surface area contributed by atoms with Gasteiger partial charge in [-0.25, -0.2) is 0 Å². The van der Waals surface area contributed by atoms with Crippen LogP contribution in [0, 0.1) is 0 Å². The Bertz CT molecular complexity index is 882. The largest absolute Gasteiger partial charge is 0.497 e. The van der Waals surface area contributed by atoms with Gasteiger partial charge in [-0.2, -0.15) is 0 Å². The molecule has 0 aliphatic rings. The van der Waals surface area contributed by atoms with Gasteiger partial charge < -0.3 is 14.8 Å². The first kappa shape index (κ1) is 19.0. The van der Waals surface area contributed by atoms with Crippen molar-refractivity contribution >= 4 is 21.8 Å². The minimum Gasteiger partial charge on any atom is -0.497 e. The molecule has 1 atom stereocenters. The minimum absolute atomic E-state index is 0.0596. The molecule has 138 valence electrons. The van der Waals surface area contributed by atoms with Gasteiger partial charge in [-0.3, -0.25) is 4.79 Å². The Balaban J connectivity index is 1.73. The first-order chi connectivity index (χ1) is 13.2. The highest BCUT2D eigenvalue weighted by molar-refractivity contribution is 9.10. The number of hydrogen-bond acceptors (Lipinski definition) is 3. The fourth-order valence-corrected chi connectivity index (χ4v) is 3.09. The number of halogens is 1. The summed E-state index contributed by atoms with van der Waals surface area (Å²) in [6.45, 7) is -0.0596. The highest BCUT2D eigenvalue weighted by Crippen LogP contribution is 2.24. The van der Waals surface area contributed by atoms with E-state index in [9.17, 15) is 4.79 Å². The number of hydrogen-bond donors (Lipinski definition) is 1. The van der Waals surface area contributed by atoms with Gasteiger partial charge >= 0.3 is 0 Å². The first-order valence-corrected chi connectivity index (χ1v) is 9.31. The topological polar surface area (TPSA) is 47.6 Å². The Morgan fingerprint density at radius 1 is 0.926 bits per heavy atom. The van der Waals surface area contributed by atoms with E-state index in [0.717, 1.165) is 21.3 Å². The molecular formula is C22H20BrNO3. The van der Waals surface area contributed by atoms with Crippen molar-refractivity contribution in [1.82, 2.24) is 5.32 Å². The third-order valence-corrected chi connectivity index (χ3v) is 4.55. The second kappa shape index (κ2) is 9.24. The number of ether oxygens (including phenoxy) is 2. The van der Waals surface area contributed by atoms with Gasteiger partial charge in [-0.1, -0.05) is 64.5 Å². The van der Waals surface area contributed by atoms with Crippen molar-refractivity contribution in [2.24, 2.45) is 0 Å². The SMILES string of the molecule is COc1ccc([C@H](NC(=O)COc2cccc(Br)c2)c2ccccc2)cc1. The predicted molar refractivity (Wildman–Crippen MR) is 109 cm³/mol. The van der Waals surface area contributed by atoms with Gasteiger partial charge in [-0.05, 0) is 41.5 Å². The maximum atomic E-state index is 12.5. The molecule has 0 aromatic heterocycles. The summed E-state index contributed by atoms with van der Waals surface area (Å²) in [7, 11) is 1.63. The minimum atomic E-state index is -0.268. The van der Waals surface area contributed by atoms with Crippen molar-refractivity contribution < 1.29 is 14.3 Å². The summed E-state index contributed by atoms with van der Waals surface area (Å²) in [5.41, 5.74) is 1.97. The maximum absolute atomic E-state index is 12.5. The van der Waals surface area contributed by atoms with E-state index in [0.29, 0.717) is 5.75 Å². The molecule has 1 amide bonds. The van der Waals surface area contributed by atoms with Crippen LogP contribution >= 0.6 is 15.9 Å². The van der Waals surface area contributed by atoms with Gasteiger partial charge in [0.05, 0.1) is 13.2 Å². The van der Waals surface area contributed by atoms with Crippen LogP contribution in [0.5, 0.6) is 11.5 Å². The number of rotatable bonds is 7. The van der Waals surface area contributed by atoms with Crippen LogP contribution in [0.15, 0.2) is 83.3 Å². The van der Waals surface area contributed by atoms with E-state index in [4.69, 9.17) is 9.47 Å². The normalized spacial score (nSPS) is 11.5. The van der Waals surface area contributed by atoms with Crippen molar-refractivity contribution in [2.45, 2.75) is 6.04 Å².